The molecule has 0 saturated heterocycles. The summed E-state index contributed by atoms with van der Waals surface area (Å²) in [5.41, 5.74) is 6.63. The van der Waals surface area contributed by atoms with Gasteiger partial charge in [-0.05, 0) is 103 Å². The van der Waals surface area contributed by atoms with Crippen molar-refractivity contribution in [3.05, 3.63) is 22.8 Å². The summed E-state index contributed by atoms with van der Waals surface area (Å²) in [7, 11) is 0. The van der Waals surface area contributed by atoms with Gasteiger partial charge in [0.15, 0.2) is 0 Å². The average molecular weight is 397 g/mol. The van der Waals surface area contributed by atoms with Gasteiger partial charge in [-0.3, -0.25) is 0 Å². The van der Waals surface area contributed by atoms with Crippen LogP contribution in [0, 0.1) is 40.4 Å². The molecule has 0 heteroatoms. The van der Waals surface area contributed by atoms with Crippen LogP contribution in [0.25, 0.3) is 0 Å². The van der Waals surface area contributed by atoms with Gasteiger partial charge in [0, 0.05) is 0 Å². The van der Waals surface area contributed by atoms with Crippen molar-refractivity contribution in [2.75, 3.05) is 0 Å². The van der Waals surface area contributed by atoms with E-state index in [1.54, 1.807) is 0 Å². The van der Waals surface area contributed by atoms with E-state index in [4.69, 9.17) is 0 Å². The summed E-state index contributed by atoms with van der Waals surface area (Å²) in [4.78, 5) is 0. The van der Waals surface area contributed by atoms with Gasteiger partial charge in [0.2, 0.25) is 0 Å². The topological polar surface area (TPSA) is 0 Å². The molecule has 2 unspecified atom stereocenters. The maximum Gasteiger partial charge on any atom is -0.00389 e. The molecule has 0 N–H and O–H groups in total. The molecule has 29 heavy (non-hydrogen) atoms. The summed E-state index contributed by atoms with van der Waals surface area (Å²) < 4.78 is 0. The lowest BCUT2D eigenvalue weighted by atomic mass is 9.50. The van der Waals surface area contributed by atoms with Gasteiger partial charge in [-0.1, -0.05) is 78.9 Å². The first-order chi connectivity index (χ1) is 13.8. The molecule has 4 aliphatic rings. The zero-order valence-electron chi connectivity index (χ0n) is 20.4. The van der Waals surface area contributed by atoms with Crippen molar-refractivity contribution in [3.63, 3.8) is 0 Å². The largest absolute Gasteiger partial charge is 0.0802 e. The molecule has 0 aromatic carbocycles. The van der Waals surface area contributed by atoms with Crippen molar-refractivity contribution in [3.8, 4) is 0 Å². The Morgan fingerprint density at radius 2 is 1.79 bits per heavy atom. The molecule has 0 amide bonds. The van der Waals surface area contributed by atoms with Gasteiger partial charge in [0.1, 0.15) is 0 Å². The Balaban J connectivity index is 1.53. The minimum absolute atomic E-state index is 0.472. The van der Waals surface area contributed by atoms with Gasteiger partial charge < -0.3 is 0 Å². The van der Waals surface area contributed by atoms with Gasteiger partial charge in [-0.2, -0.15) is 0 Å². The average Bonchev–Trinajstić information content (AvgIpc) is 3.04. The van der Waals surface area contributed by atoms with Gasteiger partial charge in [0.25, 0.3) is 0 Å². The van der Waals surface area contributed by atoms with E-state index in [1.807, 2.05) is 16.7 Å². The summed E-state index contributed by atoms with van der Waals surface area (Å²) in [6.07, 6.45) is 19.9. The van der Waals surface area contributed by atoms with Crippen LogP contribution in [0.1, 0.15) is 119 Å². The monoisotopic (exact) mass is 396 g/mol. The quantitative estimate of drug-likeness (QED) is 0.420. The van der Waals surface area contributed by atoms with E-state index in [1.165, 1.54) is 77.0 Å². The maximum atomic E-state index is 2.72. The molecule has 0 nitrogen and oxygen atoms in total. The molecule has 0 aliphatic heterocycles. The molecule has 4 rings (SSSR count). The van der Waals surface area contributed by atoms with Gasteiger partial charge in [-0.15, -0.1) is 0 Å². The molecule has 0 radical (unpaired) electrons. The van der Waals surface area contributed by atoms with Crippen molar-refractivity contribution >= 4 is 0 Å². The van der Waals surface area contributed by atoms with Crippen LogP contribution in [-0.2, 0) is 0 Å². The third kappa shape index (κ3) is 3.70. The fraction of sp³-hybridized carbons (Fsp3) is 0.862. The van der Waals surface area contributed by atoms with Crippen molar-refractivity contribution in [2.24, 2.45) is 40.4 Å². The molecule has 4 aliphatic carbocycles. The Bertz CT molecular complexity index is 664. The van der Waals surface area contributed by atoms with Crippen molar-refractivity contribution in [1.29, 1.82) is 0 Å². The third-order valence-electron chi connectivity index (χ3n) is 10.3. The lowest BCUT2D eigenvalue weighted by Crippen LogP contribution is -2.43. The second-order valence-electron chi connectivity index (χ2n) is 12.3. The minimum atomic E-state index is 0.472. The molecule has 164 valence electrons. The van der Waals surface area contributed by atoms with Gasteiger partial charge in [0.05, 0.1) is 0 Å². The van der Waals surface area contributed by atoms with Crippen LogP contribution >= 0.6 is 0 Å². The predicted molar refractivity (Wildman–Crippen MR) is 127 cm³/mol. The van der Waals surface area contributed by atoms with E-state index in [-0.39, 0.29) is 0 Å². The summed E-state index contributed by atoms with van der Waals surface area (Å²) in [6, 6.07) is 0. The Hall–Kier alpha value is -0.520. The highest BCUT2D eigenvalue weighted by molar-refractivity contribution is 5.49. The fourth-order valence-electron chi connectivity index (χ4n) is 8.26. The predicted octanol–water partition coefficient (Wildman–Crippen LogP) is 9.12. The van der Waals surface area contributed by atoms with Crippen LogP contribution in [0.15, 0.2) is 22.8 Å². The van der Waals surface area contributed by atoms with Crippen LogP contribution in [0.3, 0.4) is 0 Å². The molecule has 1 fully saturated rings. The second kappa shape index (κ2) is 8.20. The summed E-state index contributed by atoms with van der Waals surface area (Å²) in [5, 5.41) is 0. The van der Waals surface area contributed by atoms with Crippen LogP contribution in [0.5, 0.6) is 0 Å². The Kier molecular flexibility index (Phi) is 6.14. The SMILES string of the molecule is CCC1CC[C@]2(C)C3=C(CCC2C1)C1=CC[C@H]([C@H](C)CCCC(C)C)[C@@]1(C)CC3. The summed E-state index contributed by atoms with van der Waals surface area (Å²) in [5.74, 6) is 4.60. The number of fused-ring (bicyclic) bond motifs is 4. The first-order valence-electron chi connectivity index (χ1n) is 13.2. The highest BCUT2D eigenvalue weighted by Gasteiger charge is 2.52. The normalized spacial score (nSPS) is 40.4. The first-order valence-corrected chi connectivity index (χ1v) is 13.2. The van der Waals surface area contributed by atoms with E-state index >= 15 is 0 Å². The minimum Gasteiger partial charge on any atom is -0.0802 e. The lowest BCUT2D eigenvalue weighted by Gasteiger charge is -2.54. The van der Waals surface area contributed by atoms with Crippen molar-refractivity contribution in [1.82, 2.24) is 0 Å². The molecule has 0 heterocycles. The molecular formula is C29H48. The van der Waals surface area contributed by atoms with E-state index in [0.717, 1.165) is 29.6 Å². The zero-order chi connectivity index (χ0) is 20.8. The number of hydrogen-bond donors (Lipinski definition) is 0. The number of hydrogen-bond acceptors (Lipinski definition) is 0. The van der Waals surface area contributed by atoms with Gasteiger partial charge in [-0.25, -0.2) is 0 Å². The number of allylic oxidation sites excluding steroid dienone is 4. The molecule has 0 aromatic heterocycles. The fourth-order valence-corrected chi connectivity index (χ4v) is 8.26. The summed E-state index contributed by atoms with van der Waals surface area (Å²) in [6.45, 7) is 15.1. The summed E-state index contributed by atoms with van der Waals surface area (Å²) >= 11 is 0. The molecule has 1 saturated carbocycles. The van der Waals surface area contributed by atoms with Crippen molar-refractivity contribution < 1.29 is 0 Å². The van der Waals surface area contributed by atoms with Crippen LogP contribution in [-0.4, -0.2) is 0 Å². The van der Waals surface area contributed by atoms with Crippen molar-refractivity contribution in [2.45, 2.75) is 119 Å². The van der Waals surface area contributed by atoms with Crippen LogP contribution in [0.4, 0.5) is 0 Å². The molecule has 0 spiro atoms. The van der Waals surface area contributed by atoms with E-state index in [0.29, 0.717) is 10.8 Å². The number of rotatable bonds is 6. The van der Waals surface area contributed by atoms with E-state index in [9.17, 15) is 0 Å². The zero-order valence-corrected chi connectivity index (χ0v) is 20.4. The Morgan fingerprint density at radius 3 is 2.52 bits per heavy atom. The molecule has 0 aromatic rings. The third-order valence-corrected chi connectivity index (χ3v) is 10.3. The molecular weight excluding hydrogens is 348 g/mol. The Labute approximate surface area is 182 Å². The first kappa shape index (κ1) is 21.7. The lowest BCUT2D eigenvalue weighted by molar-refractivity contribution is 0.0786. The molecule has 0 bridgehead atoms. The highest BCUT2D eigenvalue weighted by Crippen LogP contribution is 2.64. The maximum absolute atomic E-state index is 2.72. The van der Waals surface area contributed by atoms with E-state index in [2.05, 4.69) is 47.6 Å². The molecule has 6 atom stereocenters. The van der Waals surface area contributed by atoms with Crippen LogP contribution < -0.4 is 0 Å². The standard InChI is InChI=1S/C29H48/c1-7-22-15-17-28(5)23(19-22)11-12-24-26-14-13-25(21(4)10-8-9-20(2)3)29(26,6)18-16-27(24)28/h14,20-23,25H,7-13,15-19H2,1-6H3/t21-,22?,23?,25-,28+,29-/m1/s1. The van der Waals surface area contributed by atoms with Crippen LogP contribution in [0.2, 0.25) is 0 Å². The second-order valence-corrected chi connectivity index (χ2v) is 12.3. The van der Waals surface area contributed by atoms with Gasteiger partial charge >= 0.3 is 0 Å². The smallest absolute Gasteiger partial charge is 0.00389 e. The highest BCUT2D eigenvalue weighted by atomic mass is 14.6. The van der Waals surface area contributed by atoms with E-state index < -0.39 is 0 Å². The Morgan fingerprint density at radius 1 is 1.00 bits per heavy atom.